The minimum absolute atomic E-state index is 0.355. The first kappa shape index (κ1) is 17.2. The molecule has 5 nitrogen and oxygen atoms in total. The van der Waals surface area contributed by atoms with Crippen LogP contribution in [-0.4, -0.2) is 28.7 Å². The Bertz CT molecular complexity index is 822. The SMILES string of the molecule is C[C@@]1(CCc2ccccc2)NC(=O)N(/N=C\c2cccc(Cl)c2)C1=O. The maximum atomic E-state index is 12.6. The summed E-state index contributed by atoms with van der Waals surface area (Å²) in [6, 6.07) is 16.4. The third kappa shape index (κ3) is 3.88. The van der Waals surface area contributed by atoms with Crippen LogP contribution in [0.2, 0.25) is 5.02 Å². The maximum absolute atomic E-state index is 12.6. The molecular weight excluding hydrogens is 338 g/mol. The molecule has 0 aromatic heterocycles. The minimum Gasteiger partial charge on any atom is -0.322 e. The Morgan fingerprint density at radius 3 is 2.64 bits per heavy atom. The Labute approximate surface area is 151 Å². The van der Waals surface area contributed by atoms with Crippen molar-refractivity contribution in [2.75, 3.05) is 0 Å². The largest absolute Gasteiger partial charge is 0.346 e. The van der Waals surface area contributed by atoms with Crippen LogP contribution in [0.3, 0.4) is 0 Å². The van der Waals surface area contributed by atoms with Gasteiger partial charge in [0.05, 0.1) is 6.21 Å². The van der Waals surface area contributed by atoms with Crippen molar-refractivity contribution in [3.8, 4) is 0 Å². The highest BCUT2D eigenvalue weighted by Gasteiger charge is 2.47. The minimum atomic E-state index is -0.960. The topological polar surface area (TPSA) is 61.8 Å². The molecule has 0 unspecified atom stereocenters. The van der Waals surface area contributed by atoms with Gasteiger partial charge in [-0.1, -0.05) is 54.1 Å². The molecule has 128 valence electrons. The predicted molar refractivity (Wildman–Crippen MR) is 97.6 cm³/mol. The van der Waals surface area contributed by atoms with Crippen LogP contribution in [0.5, 0.6) is 0 Å². The monoisotopic (exact) mass is 355 g/mol. The molecule has 0 aliphatic carbocycles. The molecule has 0 radical (unpaired) electrons. The van der Waals surface area contributed by atoms with E-state index in [-0.39, 0.29) is 5.91 Å². The molecule has 1 N–H and O–H groups in total. The first-order chi connectivity index (χ1) is 12.0. The van der Waals surface area contributed by atoms with Crippen molar-refractivity contribution in [2.24, 2.45) is 5.10 Å². The third-order valence-corrected chi connectivity index (χ3v) is 4.40. The molecule has 1 atom stereocenters. The van der Waals surface area contributed by atoms with E-state index in [1.807, 2.05) is 30.3 Å². The van der Waals surface area contributed by atoms with Gasteiger partial charge in [-0.15, -0.1) is 5.01 Å². The van der Waals surface area contributed by atoms with Crippen LogP contribution in [-0.2, 0) is 11.2 Å². The van der Waals surface area contributed by atoms with Crippen molar-refractivity contribution >= 4 is 29.8 Å². The van der Waals surface area contributed by atoms with E-state index in [2.05, 4.69) is 10.4 Å². The number of aryl methyl sites for hydroxylation is 1. The van der Waals surface area contributed by atoms with E-state index in [9.17, 15) is 9.59 Å². The summed E-state index contributed by atoms with van der Waals surface area (Å²) in [5.41, 5.74) is 0.871. The predicted octanol–water partition coefficient (Wildman–Crippen LogP) is 3.62. The van der Waals surface area contributed by atoms with Gasteiger partial charge in [-0.2, -0.15) is 5.10 Å². The number of nitrogens with zero attached hydrogens (tertiary/aromatic N) is 2. The number of hydrazone groups is 1. The number of carbonyl (C=O) groups excluding carboxylic acids is 2. The Morgan fingerprint density at radius 2 is 1.92 bits per heavy atom. The van der Waals surface area contributed by atoms with Gasteiger partial charge in [-0.3, -0.25) is 4.79 Å². The average Bonchev–Trinajstić information content (AvgIpc) is 2.82. The molecule has 6 heteroatoms. The standard InChI is InChI=1S/C19H18ClN3O2/c1-19(11-10-14-6-3-2-4-7-14)17(24)23(18(25)22-19)21-13-15-8-5-9-16(20)12-15/h2-9,12-13H,10-11H2,1H3,(H,22,25)/b21-13-/t19-/m0/s1. The zero-order chi connectivity index (χ0) is 17.9. The third-order valence-electron chi connectivity index (χ3n) is 4.17. The Morgan fingerprint density at radius 1 is 1.16 bits per heavy atom. The second-order valence-electron chi connectivity index (χ2n) is 6.16. The number of halogens is 1. The van der Waals surface area contributed by atoms with Crippen molar-refractivity contribution in [3.05, 3.63) is 70.7 Å². The van der Waals surface area contributed by atoms with E-state index >= 15 is 0 Å². The first-order valence-corrected chi connectivity index (χ1v) is 8.36. The van der Waals surface area contributed by atoms with Crippen molar-refractivity contribution in [1.29, 1.82) is 0 Å². The van der Waals surface area contributed by atoms with Crippen molar-refractivity contribution in [3.63, 3.8) is 0 Å². The van der Waals surface area contributed by atoms with E-state index < -0.39 is 11.6 Å². The number of imide groups is 1. The summed E-state index contributed by atoms with van der Waals surface area (Å²) in [6.45, 7) is 1.73. The van der Waals surface area contributed by atoms with Gasteiger partial charge in [0.1, 0.15) is 5.54 Å². The van der Waals surface area contributed by atoms with E-state index in [1.54, 1.807) is 31.2 Å². The van der Waals surface area contributed by atoms with Crippen molar-refractivity contribution in [2.45, 2.75) is 25.3 Å². The number of hydrogen-bond donors (Lipinski definition) is 1. The fourth-order valence-corrected chi connectivity index (χ4v) is 2.89. The van der Waals surface area contributed by atoms with Gasteiger partial charge >= 0.3 is 6.03 Å². The molecule has 2 aromatic rings. The zero-order valence-corrected chi connectivity index (χ0v) is 14.5. The molecule has 0 bridgehead atoms. The van der Waals surface area contributed by atoms with Crippen LogP contribution in [0.15, 0.2) is 59.7 Å². The number of rotatable bonds is 5. The lowest BCUT2D eigenvalue weighted by Gasteiger charge is -2.20. The Kier molecular flexibility index (Phi) is 4.86. The molecule has 1 aliphatic rings. The summed E-state index contributed by atoms with van der Waals surface area (Å²) < 4.78 is 0. The molecule has 1 aliphatic heterocycles. The highest BCUT2D eigenvalue weighted by atomic mass is 35.5. The van der Waals surface area contributed by atoms with Crippen LogP contribution < -0.4 is 5.32 Å². The number of hydrogen-bond acceptors (Lipinski definition) is 3. The van der Waals surface area contributed by atoms with E-state index in [0.717, 1.165) is 10.6 Å². The molecule has 3 rings (SSSR count). The number of benzene rings is 2. The smallest absolute Gasteiger partial charge is 0.322 e. The second-order valence-corrected chi connectivity index (χ2v) is 6.60. The Balaban J connectivity index is 1.70. The first-order valence-electron chi connectivity index (χ1n) is 7.98. The Hall–Kier alpha value is -2.66. The van der Waals surface area contributed by atoms with Crippen LogP contribution in [0.25, 0.3) is 0 Å². The molecule has 1 saturated heterocycles. The van der Waals surface area contributed by atoms with E-state index in [4.69, 9.17) is 11.6 Å². The number of urea groups is 1. The van der Waals surface area contributed by atoms with Crippen LogP contribution in [0, 0.1) is 0 Å². The van der Waals surface area contributed by atoms with Crippen LogP contribution in [0.4, 0.5) is 4.79 Å². The van der Waals surface area contributed by atoms with Gasteiger partial charge in [0.2, 0.25) is 0 Å². The molecule has 3 amide bonds. The summed E-state index contributed by atoms with van der Waals surface area (Å²) in [5.74, 6) is -0.355. The fraction of sp³-hybridized carbons (Fsp3) is 0.211. The van der Waals surface area contributed by atoms with Gasteiger partial charge in [0.15, 0.2) is 0 Å². The lowest BCUT2D eigenvalue weighted by atomic mass is 9.93. The maximum Gasteiger partial charge on any atom is 0.346 e. The quantitative estimate of drug-likeness (QED) is 0.657. The lowest BCUT2D eigenvalue weighted by molar-refractivity contribution is -0.130. The summed E-state index contributed by atoms with van der Waals surface area (Å²) in [6.07, 6.45) is 2.65. The van der Waals surface area contributed by atoms with Crippen LogP contribution in [0.1, 0.15) is 24.5 Å². The summed E-state index contributed by atoms with van der Waals surface area (Å²) in [5, 5.41) is 8.23. The van der Waals surface area contributed by atoms with Gasteiger partial charge in [0, 0.05) is 5.02 Å². The molecule has 25 heavy (non-hydrogen) atoms. The zero-order valence-electron chi connectivity index (χ0n) is 13.8. The fourth-order valence-electron chi connectivity index (χ4n) is 2.69. The average molecular weight is 356 g/mol. The molecule has 1 heterocycles. The van der Waals surface area contributed by atoms with Gasteiger partial charge in [-0.25, -0.2) is 4.79 Å². The number of amides is 3. The highest BCUT2D eigenvalue weighted by molar-refractivity contribution is 6.30. The van der Waals surface area contributed by atoms with Gasteiger partial charge in [-0.05, 0) is 43.0 Å². The molecule has 1 fully saturated rings. The van der Waals surface area contributed by atoms with Gasteiger partial charge in [0.25, 0.3) is 5.91 Å². The molecule has 0 spiro atoms. The molecule has 2 aromatic carbocycles. The summed E-state index contributed by atoms with van der Waals surface area (Å²) in [7, 11) is 0. The van der Waals surface area contributed by atoms with E-state index in [1.165, 1.54) is 6.21 Å². The van der Waals surface area contributed by atoms with Gasteiger partial charge < -0.3 is 5.32 Å². The highest BCUT2D eigenvalue weighted by Crippen LogP contribution is 2.23. The number of carbonyl (C=O) groups is 2. The van der Waals surface area contributed by atoms with Crippen molar-refractivity contribution in [1.82, 2.24) is 10.3 Å². The molecular formula is C19H18ClN3O2. The van der Waals surface area contributed by atoms with E-state index in [0.29, 0.717) is 23.4 Å². The summed E-state index contributed by atoms with van der Waals surface area (Å²) >= 11 is 5.92. The molecule has 0 saturated carbocycles. The normalized spacial score (nSPS) is 20.3. The summed E-state index contributed by atoms with van der Waals surface area (Å²) in [4.78, 5) is 24.8. The van der Waals surface area contributed by atoms with Crippen LogP contribution >= 0.6 is 11.6 Å². The lowest BCUT2D eigenvalue weighted by Crippen LogP contribution is -2.44. The second kappa shape index (κ2) is 7.07. The number of nitrogens with one attached hydrogen (secondary N) is 1. The van der Waals surface area contributed by atoms with Crippen molar-refractivity contribution < 1.29 is 9.59 Å².